The molecule has 1 fully saturated rings. The van der Waals surface area contributed by atoms with Gasteiger partial charge < -0.3 is 5.32 Å². The van der Waals surface area contributed by atoms with Crippen molar-refractivity contribution >= 4 is 28.3 Å². The summed E-state index contributed by atoms with van der Waals surface area (Å²) in [5.41, 5.74) is 4.11. The molecule has 1 saturated heterocycles. The van der Waals surface area contributed by atoms with E-state index < -0.39 is 0 Å². The first kappa shape index (κ1) is 18.6. The van der Waals surface area contributed by atoms with Crippen molar-refractivity contribution in [2.45, 2.75) is 44.7 Å². The SMILES string of the molecule is O=C1CCC(C(=O)N[C@@H]2CCCCN(Cc3ccc4ccccc4c3)C2)=NN1. The highest BCUT2D eigenvalue weighted by Crippen LogP contribution is 2.19. The molecular weight excluding hydrogens is 352 g/mol. The zero-order valence-corrected chi connectivity index (χ0v) is 16.0. The molecule has 0 bridgehead atoms. The van der Waals surface area contributed by atoms with Crippen LogP contribution in [0.15, 0.2) is 47.6 Å². The number of benzene rings is 2. The summed E-state index contributed by atoms with van der Waals surface area (Å²) >= 11 is 0. The zero-order valence-electron chi connectivity index (χ0n) is 16.0. The van der Waals surface area contributed by atoms with Crippen molar-refractivity contribution in [3.63, 3.8) is 0 Å². The van der Waals surface area contributed by atoms with E-state index in [2.05, 4.69) is 63.2 Å². The number of fused-ring (bicyclic) bond motifs is 1. The second-order valence-electron chi connectivity index (χ2n) is 7.68. The van der Waals surface area contributed by atoms with Gasteiger partial charge in [-0.15, -0.1) is 0 Å². The molecule has 2 aliphatic rings. The summed E-state index contributed by atoms with van der Waals surface area (Å²) in [6, 6.07) is 15.1. The average Bonchev–Trinajstić information content (AvgIpc) is 2.93. The maximum atomic E-state index is 12.5. The average molecular weight is 378 g/mol. The minimum atomic E-state index is -0.155. The summed E-state index contributed by atoms with van der Waals surface area (Å²) in [5, 5.41) is 9.55. The molecule has 0 radical (unpaired) electrons. The first-order chi connectivity index (χ1) is 13.7. The Morgan fingerprint density at radius 3 is 2.82 bits per heavy atom. The van der Waals surface area contributed by atoms with Crippen molar-refractivity contribution in [2.24, 2.45) is 5.10 Å². The lowest BCUT2D eigenvalue weighted by Gasteiger charge is -2.25. The molecule has 6 nitrogen and oxygen atoms in total. The molecule has 0 aromatic heterocycles. The lowest BCUT2D eigenvalue weighted by Crippen LogP contribution is -2.46. The fraction of sp³-hybridized carbons (Fsp3) is 0.409. The van der Waals surface area contributed by atoms with Gasteiger partial charge in [0.2, 0.25) is 5.91 Å². The van der Waals surface area contributed by atoms with Crippen LogP contribution in [0.2, 0.25) is 0 Å². The van der Waals surface area contributed by atoms with Gasteiger partial charge in [-0.1, -0.05) is 42.8 Å². The number of likely N-dealkylation sites (tertiary alicyclic amines) is 1. The molecule has 28 heavy (non-hydrogen) atoms. The lowest BCUT2D eigenvalue weighted by molar-refractivity contribution is -0.121. The summed E-state index contributed by atoms with van der Waals surface area (Å²) in [7, 11) is 0. The minimum Gasteiger partial charge on any atom is -0.347 e. The van der Waals surface area contributed by atoms with E-state index in [9.17, 15) is 9.59 Å². The van der Waals surface area contributed by atoms with E-state index in [1.807, 2.05) is 0 Å². The zero-order chi connectivity index (χ0) is 19.3. The van der Waals surface area contributed by atoms with Gasteiger partial charge in [-0.25, -0.2) is 5.43 Å². The molecule has 2 N–H and O–H groups in total. The molecule has 0 aliphatic carbocycles. The van der Waals surface area contributed by atoms with E-state index >= 15 is 0 Å². The molecule has 2 heterocycles. The van der Waals surface area contributed by atoms with Gasteiger partial charge in [0.25, 0.3) is 5.91 Å². The number of hydrazone groups is 1. The Hall–Kier alpha value is -2.73. The van der Waals surface area contributed by atoms with E-state index in [1.54, 1.807) is 0 Å². The number of carbonyl (C=O) groups excluding carboxylic acids is 2. The molecular formula is C22H26N4O2. The number of nitrogens with zero attached hydrogens (tertiary/aromatic N) is 2. The maximum absolute atomic E-state index is 12.5. The predicted octanol–water partition coefficient (Wildman–Crippen LogP) is 2.58. The van der Waals surface area contributed by atoms with Crippen molar-refractivity contribution in [1.82, 2.24) is 15.6 Å². The number of hydrogen-bond acceptors (Lipinski definition) is 4. The van der Waals surface area contributed by atoms with E-state index in [-0.39, 0.29) is 17.9 Å². The van der Waals surface area contributed by atoms with Crippen molar-refractivity contribution in [3.05, 3.63) is 48.0 Å². The van der Waals surface area contributed by atoms with E-state index in [0.717, 1.165) is 38.9 Å². The van der Waals surface area contributed by atoms with Crippen LogP contribution in [0.4, 0.5) is 0 Å². The Balaban J connectivity index is 1.39. The van der Waals surface area contributed by atoms with Gasteiger partial charge in [-0.05, 0) is 41.8 Å². The molecule has 2 amide bonds. The van der Waals surface area contributed by atoms with Crippen molar-refractivity contribution < 1.29 is 9.59 Å². The normalized spacial score (nSPS) is 20.9. The highest BCUT2D eigenvalue weighted by atomic mass is 16.2. The number of rotatable bonds is 4. The fourth-order valence-corrected chi connectivity index (χ4v) is 3.98. The minimum absolute atomic E-state index is 0.107. The maximum Gasteiger partial charge on any atom is 0.267 e. The molecule has 2 aromatic rings. The molecule has 0 spiro atoms. The summed E-state index contributed by atoms with van der Waals surface area (Å²) < 4.78 is 0. The number of hydrogen-bond donors (Lipinski definition) is 2. The van der Waals surface area contributed by atoms with Crippen LogP contribution in [0.1, 0.15) is 37.7 Å². The molecule has 1 atom stereocenters. The van der Waals surface area contributed by atoms with Crippen LogP contribution in [0, 0.1) is 0 Å². The second-order valence-corrected chi connectivity index (χ2v) is 7.68. The third kappa shape index (κ3) is 4.57. The van der Waals surface area contributed by atoms with Crippen molar-refractivity contribution in [3.8, 4) is 0 Å². The van der Waals surface area contributed by atoms with Crippen molar-refractivity contribution in [1.29, 1.82) is 0 Å². The van der Waals surface area contributed by atoms with Crippen LogP contribution in [0.3, 0.4) is 0 Å². The summed E-state index contributed by atoms with van der Waals surface area (Å²) in [6.45, 7) is 2.75. The second kappa shape index (κ2) is 8.52. The molecule has 2 aromatic carbocycles. The summed E-state index contributed by atoms with van der Waals surface area (Å²) in [4.78, 5) is 26.1. The van der Waals surface area contributed by atoms with Gasteiger partial charge in [0.1, 0.15) is 5.71 Å². The monoisotopic (exact) mass is 378 g/mol. The van der Waals surface area contributed by atoms with Gasteiger partial charge in [-0.3, -0.25) is 14.5 Å². The predicted molar refractivity (Wildman–Crippen MR) is 110 cm³/mol. The van der Waals surface area contributed by atoms with Gasteiger partial charge in [-0.2, -0.15) is 5.10 Å². The van der Waals surface area contributed by atoms with Gasteiger partial charge in [0.15, 0.2) is 0 Å². The van der Waals surface area contributed by atoms with Gasteiger partial charge >= 0.3 is 0 Å². The molecule has 146 valence electrons. The topological polar surface area (TPSA) is 73.8 Å². The van der Waals surface area contributed by atoms with Crippen LogP contribution in [0.25, 0.3) is 10.8 Å². The standard InChI is InChI=1S/C22H26N4O2/c27-21-11-10-20(24-25-21)22(28)23-19-7-3-4-12-26(15-19)14-16-8-9-17-5-1-2-6-18(17)13-16/h1-2,5-6,8-9,13,19H,3-4,7,10-12,14-15H2,(H,23,28)(H,25,27)/t19-/m1/s1. The fourth-order valence-electron chi connectivity index (χ4n) is 3.98. The molecule has 4 rings (SSSR count). The number of amides is 2. The Labute approximate surface area is 165 Å². The smallest absolute Gasteiger partial charge is 0.267 e. The molecule has 6 heteroatoms. The van der Waals surface area contributed by atoms with Crippen LogP contribution in [0.5, 0.6) is 0 Å². The van der Waals surface area contributed by atoms with Crippen molar-refractivity contribution in [2.75, 3.05) is 13.1 Å². The third-order valence-corrected chi connectivity index (χ3v) is 5.48. The Kier molecular flexibility index (Phi) is 5.67. The van der Waals surface area contributed by atoms with Crippen LogP contribution < -0.4 is 10.7 Å². The van der Waals surface area contributed by atoms with Gasteiger partial charge in [0, 0.05) is 32.0 Å². The van der Waals surface area contributed by atoms with Gasteiger partial charge in [0.05, 0.1) is 0 Å². The highest BCUT2D eigenvalue weighted by Gasteiger charge is 2.24. The summed E-state index contributed by atoms with van der Waals surface area (Å²) in [5.74, 6) is -0.287. The number of nitrogens with one attached hydrogen (secondary N) is 2. The highest BCUT2D eigenvalue weighted by molar-refractivity contribution is 6.39. The largest absolute Gasteiger partial charge is 0.347 e. The Morgan fingerprint density at radius 2 is 2.00 bits per heavy atom. The van der Waals surface area contributed by atoms with E-state index in [0.29, 0.717) is 18.6 Å². The molecule has 0 saturated carbocycles. The Bertz CT molecular complexity index is 908. The van der Waals surface area contributed by atoms with Crippen LogP contribution in [-0.2, 0) is 16.1 Å². The lowest BCUT2D eigenvalue weighted by atomic mass is 10.1. The van der Waals surface area contributed by atoms with Crippen LogP contribution in [-0.4, -0.2) is 41.6 Å². The van der Waals surface area contributed by atoms with Crippen LogP contribution >= 0.6 is 0 Å². The first-order valence-electron chi connectivity index (χ1n) is 10.0. The summed E-state index contributed by atoms with van der Waals surface area (Å²) in [6.07, 6.45) is 3.94. The number of carbonyl (C=O) groups is 2. The van der Waals surface area contributed by atoms with E-state index in [4.69, 9.17) is 0 Å². The third-order valence-electron chi connectivity index (χ3n) is 5.48. The Morgan fingerprint density at radius 1 is 1.14 bits per heavy atom. The molecule has 2 aliphatic heterocycles. The molecule has 0 unspecified atom stereocenters. The quantitative estimate of drug-likeness (QED) is 0.859. The van der Waals surface area contributed by atoms with E-state index in [1.165, 1.54) is 16.3 Å². The first-order valence-corrected chi connectivity index (χ1v) is 10.0.